The lowest BCUT2D eigenvalue weighted by atomic mass is 9.92. The van der Waals surface area contributed by atoms with E-state index in [1.165, 1.54) is 23.0 Å². The van der Waals surface area contributed by atoms with Crippen LogP contribution in [0.15, 0.2) is 43.0 Å². The summed E-state index contributed by atoms with van der Waals surface area (Å²) in [5, 5.41) is 35.3. The molecular weight excluding hydrogens is 507 g/mol. The van der Waals surface area contributed by atoms with Gasteiger partial charge in [0.25, 0.3) is 0 Å². The number of ether oxygens (including phenoxy) is 2. The van der Waals surface area contributed by atoms with Crippen LogP contribution in [0.3, 0.4) is 0 Å². The van der Waals surface area contributed by atoms with E-state index < -0.39 is 44.4 Å². The number of fused-ring (bicyclic) bond motifs is 1. The molecule has 6 atom stereocenters. The lowest BCUT2D eigenvalue weighted by Crippen LogP contribution is -2.41. The Balaban J connectivity index is 1.38. The lowest BCUT2D eigenvalue weighted by Gasteiger charge is -2.24. The molecular formula is C22H27N6O8P. The molecule has 2 unspecified atom stereocenters. The minimum absolute atomic E-state index is 0.0909. The molecule has 4 heterocycles. The maximum Gasteiger partial charge on any atom is 0.472 e. The summed E-state index contributed by atoms with van der Waals surface area (Å²) in [6.07, 6.45) is -0.247. The van der Waals surface area contributed by atoms with Crippen LogP contribution in [0.4, 0.5) is 5.82 Å². The van der Waals surface area contributed by atoms with Gasteiger partial charge in [0.1, 0.15) is 36.2 Å². The van der Waals surface area contributed by atoms with Gasteiger partial charge in [0.15, 0.2) is 5.82 Å². The van der Waals surface area contributed by atoms with Crippen molar-refractivity contribution in [2.75, 3.05) is 18.9 Å². The molecule has 1 aliphatic rings. The molecule has 15 heteroatoms. The standard InChI is InChI=1S/C22H27N6O8P/c1-2-15(33-9-14-4-3-7-25-8-14)10-34-37(31,32)35-11-17-19(29)20(30)22(12-23,36-17)18-6-5-16-21(24)26-13-27-28(16)18/h3-8,13,15,17,19-20,29-30H,2,9-11H2,1H3,(H,31,32)(H2,24,26,27)/t15-,17-,19?,20+,22+/m1/s1. The second kappa shape index (κ2) is 11.2. The van der Waals surface area contributed by atoms with E-state index in [1.54, 1.807) is 18.5 Å². The Bertz CT molecular complexity index is 1300. The zero-order chi connectivity index (χ0) is 26.6. The topological polar surface area (TPSA) is 208 Å². The number of phosphoric ester groups is 1. The third-order valence-corrected chi connectivity index (χ3v) is 6.93. The first-order valence-corrected chi connectivity index (χ1v) is 12.9. The Morgan fingerprint density at radius 1 is 1.35 bits per heavy atom. The Morgan fingerprint density at radius 2 is 2.16 bits per heavy atom. The van der Waals surface area contributed by atoms with Crippen molar-refractivity contribution >= 4 is 19.2 Å². The van der Waals surface area contributed by atoms with E-state index >= 15 is 0 Å². The van der Waals surface area contributed by atoms with Gasteiger partial charge in [-0.05, 0) is 30.2 Å². The molecule has 0 amide bonds. The number of aromatic nitrogens is 4. The number of anilines is 1. The van der Waals surface area contributed by atoms with E-state index in [2.05, 4.69) is 15.1 Å². The normalized spacial score (nSPS) is 26.1. The molecule has 198 valence electrons. The van der Waals surface area contributed by atoms with E-state index in [9.17, 15) is 24.9 Å². The highest BCUT2D eigenvalue weighted by molar-refractivity contribution is 7.47. The van der Waals surface area contributed by atoms with E-state index in [0.29, 0.717) is 11.9 Å². The minimum atomic E-state index is -4.60. The van der Waals surface area contributed by atoms with Gasteiger partial charge in [-0.15, -0.1) is 0 Å². The molecule has 14 nitrogen and oxygen atoms in total. The highest BCUT2D eigenvalue weighted by atomic mass is 31.2. The minimum Gasteiger partial charge on any atom is -0.387 e. The summed E-state index contributed by atoms with van der Waals surface area (Å²) in [6, 6.07) is 8.48. The fourth-order valence-electron chi connectivity index (χ4n) is 3.91. The fraction of sp³-hybridized carbons (Fsp3) is 0.455. The van der Waals surface area contributed by atoms with Crippen molar-refractivity contribution in [1.29, 1.82) is 5.26 Å². The summed E-state index contributed by atoms with van der Waals surface area (Å²) < 4.78 is 35.2. The molecule has 0 radical (unpaired) electrons. The average Bonchev–Trinajstić information content (AvgIpc) is 3.44. The summed E-state index contributed by atoms with van der Waals surface area (Å²) in [5.74, 6) is 0.135. The summed E-state index contributed by atoms with van der Waals surface area (Å²) in [5.41, 5.74) is 5.06. The highest BCUT2D eigenvalue weighted by Crippen LogP contribution is 2.46. The number of aliphatic hydroxyl groups excluding tert-OH is 2. The van der Waals surface area contributed by atoms with Crippen molar-refractivity contribution < 1.29 is 38.2 Å². The van der Waals surface area contributed by atoms with Gasteiger partial charge in [0.2, 0.25) is 5.60 Å². The molecule has 3 aromatic rings. The molecule has 0 saturated carbocycles. The van der Waals surface area contributed by atoms with Crippen molar-refractivity contribution in [3.05, 3.63) is 54.2 Å². The average molecular weight is 534 g/mol. The predicted octanol–water partition coefficient (Wildman–Crippen LogP) is 0.675. The number of nitrogens with zero attached hydrogens (tertiary/aromatic N) is 5. The van der Waals surface area contributed by atoms with Gasteiger partial charge in [-0.25, -0.2) is 14.1 Å². The summed E-state index contributed by atoms with van der Waals surface area (Å²) >= 11 is 0. The number of rotatable bonds is 11. The number of hydrogen-bond acceptors (Lipinski definition) is 12. The summed E-state index contributed by atoms with van der Waals surface area (Å²) in [7, 11) is -4.60. The molecule has 0 bridgehead atoms. The number of aliphatic hydroxyl groups is 2. The Labute approximate surface area is 211 Å². The number of nitriles is 1. The summed E-state index contributed by atoms with van der Waals surface area (Å²) in [6.45, 7) is 1.19. The largest absolute Gasteiger partial charge is 0.472 e. The molecule has 1 aliphatic heterocycles. The van der Waals surface area contributed by atoms with Gasteiger partial charge in [-0.2, -0.15) is 10.4 Å². The van der Waals surface area contributed by atoms with Crippen molar-refractivity contribution in [2.24, 2.45) is 0 Å². The first-order valence-electron chi connectivity index (χ1n) is 11.4. The van der Waals surface area contributed by atoms with E-state index in [0.717, 1.165) is 5.56 Å². The van der Waals surface area contributed by atoms with Crippen LogP contribution >= 0.6 is 7.82 Å². The van der Waals surface area contributed by atoms with Gasteiger partial charge < -0.3 is 30.3 Å². The smallest absolute Gasteiger partial charge is 0.387 e. The predicted molar refractivity (Wildman–Crippen MR) is 126 cm³/mol. The van der Waals surface area contributed by atoms with Crippen LogP contribution in [-0.4, -0.2) is 72.3 Å². The fourth-order valence-corrected chi connectivity index (χ4v) is 4.68. The maximum absolute atomic E-state index is 12.5. The van der Waals surface area contributed by atoms with Gasteiger partial charge in [-0.3, -0.25) is 14.0 Å². The number of phosphoric acid groups is 1. The molecule has 4 rings (SSSR count). The van der Waals surface area contributed by atoms with Gasteiger partial charge in [-0.1, -0.05) is 13.0 Å². The number of nitrogens with two attached hydrogens (primary N) is 1. The second-order valence-electron chi connectivity index (χ2n) is 8.36. The molecule has 0 aromatic carbocycles. The van der Waals surface area contributed by atoms with Crippen LogP contribution in [0.1, 0.15) is 24.6 Å². The molecule has 0 spiro atoms. The van der Waals surface area contributed by atoms with Crippen LogP contribution in [0.5, 0.6) is 0 Å². The molecule has 1 saturated heterocycles. The van der Waals surface area contributed by atoms with Crippen LogP contribution in [0.25, 0.3) is 5.52 Å². The van der Waals surface area contributed by atoms with E-state index in [-0.39, 0.29) is 24.7 Å². The SMILES string of the molecule is CC[C@H](COP(=O)(O)OC[C@H]1O[C@@](C#N)(c2ccc3c(N)ncnn23)[C@@H](O)C1O)OCc1cccnc1. The molecule has 0 aliphatic carbocycles. The first-order chi connectivity index (χ1) is 17.7. The quantitative estimate of drug-likeness (QED) is 0.250. The van der Waals surface area contributed by atoms with Crippen molar-refractivity contribution in [3.63, 3.8) is 0 Å². The zero-order valence-electron chi connectivity index (χ0n) is 19.8. The number of pyridine rings is 1. The molecule has 37 heavy (non-hydrogen) atoms. The van der Waals surface area contributed by atoms with Crippen LogP contribution < -0.4 is 5.73 Å². The Morgan fingerprint density at radius 3 is 2.86 bits per heavy atom. The van der Waals surface area contributed by atoms with Crippen molar-refractivity contribution in [3.8, 4) is 6.07 Å². The lowest BCUT2D eigenvalue weighted by molar-refractivity contribution is -0.0657. The van der Waals surface area contributed by atoms with Crippen LogP contribution in [0.2, 0.25) is 0 Å². The number of nitrogen functional groups attached to an aromatic ring is 1. The maximum atomic E-state index is 12.5. The van der Waals surface area contributed by atoms with Crippen LogP contribution in [-0.2, 0) is 35.3 Å². The third kappa shape index (κ3) is 5.64. The van der Waals surface area contributed by atoms with E-state index in [4.69, 9.17) is 24.3 Å². The first kappa shape index (κ1) is 27.1. The van der Waals surface area contributed by atoms with Gasteiger partial charge >= 0.3 is 7.82 Å². The third-order valence-electron chi connectivity index (χ3n) is 5.98. The van der Waals surface area contributed by atoms with E-state index in [1.807, 2.05) is 19.1 Å². The monoisotopic (exact) mass is 534 g/mol. The van der Waals surface area contributed by atoms with Crippen LogP contribution in [0, 0.1) is 11.3 Å². The Hall–Kier alpha value is -2.99. The van der Waals surface area contributed by atoms with Crippen molar-refractivity contribution in [2.45, 2.75) is 50.0 Å². The van der Waals surface area contributed by atoms with Gasteiger partial charge in [0, 0.05) is 12.4 Å². The molecule has 1 fully saturated rings. The molecule has 5 N–H and O–H groups in total. The van der Waals surface area contributed by atoms with Crippen molar-refractivity contribution in [1.82, 2.24) is 19.6 Å². The van der Waals surface area contributed by atoms with Gasteiger partial charge in [0.05, 0.1) is 31.6 Å². The molecule has 3 aromatic heterocycles. The summed E-state index contributed by atoms with van der Waals surface area (Å²) in [4.78, 5) is 18.0. The Kier molecular flexibility index (Phi) is 8.17. The zero-order valence-corrected chi connectivity index (χ0v) is 20.7. The second-order valence-corrected chi connectivity index (χ2v) is 9.82. The number of hydrogen-bond donors (Lipinski definition) is 4. The highest BCUT2D eigenvalue weighted by Gasteiger charge is 2.58.